The Labute approximate surface area is 115 Å². The summed E-state index contributed by atoms with van der Waals surface area (Å²) in [5.74, 6) is 1.46. The molecule has 3 N–H and O–H groups in total. The van der Waals surface area contributed by atoms with Crippen molar-refractivity contribution >= 4 is 33.3 Å². The van der Waals surface area contributed by atoms with Gasteiger partial charge in [0.05, 0.1) is 5.39 Å². The number of aromatic nitrogens is 2. The monoisotopic (exact) mass is 275 g/mol. The van der Waals surface area contributed by atoms with Gasteiger partial charge in [-0.1, -0.05) is 0 Å². The molecule has 0 saturated carbocycles. The quantitative estimate of drug-likeness (QED) is 0.818. The van der Waals surface area contributed by atoms with Crippen LogP contribution in [0, 0.1) is 0 Å². The highest BCUT2D eigenvalue weighted by molar-refractivity contribution is 7.19. The van der Waals surface area contributed by atoms with Gasteiger partial charge in [-0.2, -0.15) is 4.98 Å². The molecule has 0 unspecified atom stereocenters. The molecule has 1 saturated heterocycles. The number of piperazine rings is 1. The van der Waals surface area contributed by atoms with Crippen molar-refractivity contribution in [1.29, 1.82) is 0 Å². The Balaban J connectivity index is 1.82. The van der Waals surface area contributed by atoms with Crippen LogP contribution in [0.25, 0.3) is 10.2 Å². The molecule has 5 nitrogen and oxygen atoms in total. The molecule has 4 rings (SSSR count). The molecule has 0 bridgehead atoms. The lowest BCUT2D eigenvalue weighted by atomic mass is 10.2. The average molecular weight is 275 g/mol. The predicted octanol–water partition coefficient (Wildman–Crippen LogP) is 1.17. The van der Waals surface area contributed by atoms with E-state index in [1.54, 1.807) is 11.3 Å². The van der Waals surface area contributed by atoms with Gasteiger partial charge in [0, 0.05) is 31.1 Å². The van der Waals surface area contributed by atoms with Gasteiger partial charge in [-0.25, -0.2) is 4.98 Å². The van der Waals surface area contributed by atoms with Crippen LogP contribution >= 0.6 is 11.3 Å². The highest BCUT2D eigenvalue weighted by atomic mass is 32.1. The van der Waals surface area contributed by atoms with Gasteiger partial charge >= 0.3 is 0 Å². The predicted molar refractivity (Wildman–Crippen MR) is 78.9 cm³/mol. The number of hydrogen-bond acceptors (Lipinski definition) is 6. The minimum atomic E-state index is 0.665. The number of nitrogens with zero attached hydrogens (tertiary/aromatic N) is 3. The molecule has 3 heterocycles. The van der Waals surface area contributed by atoms with Crippen LogP contribution in [0.3, 0.4) is 0 Å². The van der Waals surface area contributed by atoms with Crippen molar-refractivity contribution in [2.45, 2.75) is 19.3 Å². The molecule has 0 amide bonds. The first-order valence-corrected chi connectivity index (χ1v) is 7.68. The summed E-state index contributed by atoms with van der Waals surface area (Å²) < 4.78 is 0. The Hall–Kier alpha value is -1.40. The molecule has 2 aromatic rings. The first kappa shape index (κ1) is 11.4. The van der Waals surface area contributed by atoms with Crippen LogP contribution in [0.2, 0.25) is 0 Å². The summed E-state index contributed by atoms with van der Waals surface area (Å²) in [6, 6.07) is 0. The van der Waals surface area contributed by atoms with Crippen molar-refractivity contribution < 1.29 is 0 Å². The van der Waals surface area contributed by atoms with Crippen molar-refractivity contribution in [2.24, 2.45) is 0 Å². The molecule has 1 aliphatic heterocycles. The molecule has 6 heteroatoms. The number of fused-ring (bicyclic) bond motifs is 3. The zero-order valence-electron chi connectivity index (χ0n) is 10.8. The van der Waals surface area contributed by atoms with Crippen molar-refractivity contribution in [3.8, 4) is 0 Å². The van der Waals surface area contributed by atoms with E-state index in [2.05, 4.69) is 15.2 Å². The van der Waals surface area contributed by atoms with E-state index in [-0.39, 0.29) is 0 Å². The largest absolute Gasteiger partial charge is 0.383 e. The number of hydrogen-bond donors (Lipinski definition) is 2. The number of anilines is 2. The van der Waals surface area contributed by atoms with Gasteiger partial charge < -0.3 is 16.0 Å². The summed E-state index contributed by atoms with van der Waals surface area (Å²) in [5, 5.41) is 4.46. The van der Waals surface area contributed by atoms with Crippen molar-refractivity contribution in [1.82, 2.24) is 15.3 Å². The van der Waals surface area contributed by atoms with E-state index in [1.807, 2.05) is 0 Å². The van der Waals surface area contributed by atoms with E-state index >= 15 is 0 Å². The second kappa shape index (κ2) is 4.31. The Kier molecular flexibility index (Phi) is 2.60. The molecule has 2 aliphatic rings. The van der Waals surface area contributed by atoms with Gasteiger partial charge in [0.15, 0.2) is 0 Å². The Bertz CT molecular complexity index is 629. The van der Waals surface area contributed by atoms with E-state index in [0.29, 0.717) is 5.82 Å². The van der Waals surface area contributed by atoms with Crippen LogP contribution in [0.1, 0.15) is 16.9 Å². The highest BCUT2D eigenvalue weighted by Gasteiger charge is 2.23. The number of rotatable bonds is 1. The molecular weight excluding hydrogens is 258 g/mol. The molecule has 1 fully saturated rings. The van der Waals surface area contributed by atoms with E-state index < -0.39 is 0 Å². The minimum absolute atomic E-state index is 0.665. The van der Waals surface area contributed by atoms with Gasteiger partial charge in [0.1, 0.15) is 10.6 Å². The molecule has 1 aliphatic carbocycles. The maximum absolute atomic E-state index is 6.19. The van der Waals surface area contributed by atoms with E-state index in [9.17, 15) is 0 Å². The van der Waals surface area contributed by atoms with Gasteiger partial charge in [0.2, 0.25) is 5.95 Å². The van der Waals surface area contributed by atoms with Crippen molar-refractivity contribution in [3.63, 3.8) is 0 Å². The van der Waals surface area contributed by atoms with Crippen molar-refractivity contribution in [3.05, 3.63) is 10.4 Å². The van der Waals surface area contributed by atoms with Gasteiger partial charge in [-0.05, 0) is 24.8 Å². The molecule has 19 heavy (non-hydrogen) atoms. The summed E-state index contributed by atoms with van der Waals surface area (Å²) in [6.45, 7) is 3.89. The van der Waals surface area contributed by atoms with Crippen molar-refractivity contribution in [2.75, 3.05) is 36.8 Å². The third-order valence-corrected chi connectivity index (χ3v) is 5.17. The second-order valence-electron chi connectivity index (χ2n) is 5.18. The summed E-state index contributed by atoms with van der Waals surface area (Å²) in [4.78, 5) is 14.1. The van der Waals surface area contributed by atoms with Crippen LogP contribution in [-0.2, 0) is 12.8 Å². The number of aryl methyl sites for hydroxylation is 2. The molecular formula is C13H17N5S. The summed E-state index contributed by atoms with van der Waals surface area (Å²) in [5.41, 5.74) is 7.60. The third-order valence-electron chi connectivity index (χ3n) is 3.98. The molecule has 100 valence electrons. The summed E-state index contributed by atoms with van der Waals surface area (Å²) in [6.07, 6.45) is 3.56. The van der Waals surface area contributed by atoms with Gasteiger partial charge in [-0.15, -0.1) is 11.3 Å². The van der Waals surface area contributed by atoms with Crippen LogP contribution in [0.5, 0.6) is 0 Å². The maximum atomic E-state index is 6.19. The van der Waals surface area contributed by atoms with Crippen LogP contribution in [-0.4, -0.2) is 36.1 Å². The zero-order chi connectivity index (χ0) is 12.8. The van der Waals surface area contributed by atoms with Gasteiger partial charge in [-0.3, -0.25) is 0 Å². The van der Waals surface area contributed by atoms with E-state index in [4.69, 9.17) is 10.7 Å². The lowest BCUT2D eigenvalue weighted by Gasteiger charge is -2.27. The van der Waals surface area contributed by atoms with Crippen LogP contribution < -0.4 is 16.0 Å². The molecule has 0 atom stereocenters. The first-order chi connectivity index (χ1) is 9.33. The van der Waals surface area contributed by atoms with E-state index in [0.717, 1.165) is 48.8 Å². The zero-order valence-corrected chi connectivity index (χ0v) is 11.6. The van der Waals surface area contributed by atoms with Crippen LogP contribution in [0.4, 0.5) is 11.8 Å². The highest BCUT2D eigenvalue weighted by Crippen LogP contribution is 2.39. The third kappa shape index (κ3) is 1.78. The molecule has 0 radical (unpaired) electrons. The average Bonchev–Trinajstić information content (AvgIpc) is 2.99. The summed E-state index contributed by atoms with van der Waals surface area (Å²) in [7, 11) is 0. The Morgan fingerprint density at radius 3 is 2.84 bits per heavy atom. The summed E-state index contributed by atoms with van der Waals surface area (Å²) >= 11 is 1.81. The fraction of sp³-hybridized carbons (Fsp3) is 0.538. The lowest BCUT2D eigenvalue weighted by molar-refractivity contribution is 0.581. The number of nitrogen functional groups attached to an aromatic ring is 1. The number of nitrogens with two attached hydrogens (primary N) is 1. The smallest absolute Gasteiger partial charge is 0.228 e. The maximum Gasteiger partial charge on any atom is 0.228 e. The first-order valence-electron chi connectivity index (χ1n) is 6.86. The topological polar surface area (TPSA) is 67.1 Å². The molecule has 0 aromatic carbocycles. The Morgan fingerprint density at radius 2 is 2.00 bits per heavy atom. The standard InChI is InChI=1S/C13H17N5S/c14-11-10-8-2-1-3-9(8)19-12(10)17-13(16-11)18-6-4-15-5-7-18/h15H,1-7H2,(H2,14,16,17). The minimum Gasteiger partial charge on any atom is -0.383 e. The SMILES string of the molecule is Nc1nc(N2CCNCC2)nc2sc3c(c12)CCC3. The fourth-order valence-electron chi connectivity index (χ4n) is 3.02. The molecule has 0 spiro atoms. The molecule has 2 aromatic heterocycles. The second-order valence-corrected chi connectivity index (χ2v) is 6.27. The van der Waals surface area contributed by atoms with E-state index in [1.165, 1.54) is 23.3 Å². The Morgan fingerprint density at radius 1 is 1.16 bits per heavy atom. The number of nitrogens with one attached hydrogen (secondary N) is 1. The lowest BCUT2D eigenvalue weighted by Crippen LogP contribution is -2.44. The normalized spacial score (nSPS) is 19.1. The fourth-order valence-corrected chi connectivity index (χ4v) is 4.28. The van der Waals surface area contributed by atoms with Gasteiger partial charge in [0.25, 0.3) is 0 Å². The van der Waals surface area contributed by atoms with Crippen LogP contribution in [0.15, 0.2) is 0 Å². The number of thiophene rings is 1.